The van der Waals surface area contributed by atoms with E-state index >= 15 is 0 Å². The maximum absolute atomic E-state index is 14.1. The number of nitrogens with one attached hydrogen (secondary N) is 1. The summed E-state index contributed by atoms with van der Waals surface area (Å²) in [5.74, 6) is -0.669. The van der Waals surface area contributed by atoms with Gasteiger partial charge in [-0.3, -0.25) is 9.67 Å². The third-order valence-corrected chi connectivity index (χ3v) is 6.75. The lowest BCUT2D eigenvalue weighted by Gasteiger charge is -2.14. The number of halogens is 1. The van der Waals surface area contributed by atoms with E-state index in [0.717, 1.165) is 48.8 Å². The molecule has 1 N–H and O–H groups in total. The molecule has 0 saturated heterocycles. The van der Waals surface area contributed by atoms with E-state index < -0.39 is 15.8 Å². The fourth-order valence-corrected chi connectivity index (χ4v) is 4.89. The Kier molecular flexibility index (Phi) is 6.33. The van der Waals surface area contributed by atoms with Crippen molar-refractivity contribution < 1.29 is 17.5 Å². The fourth-order valence-electron chi connectivity index (χ4n) is 3.85. The van der Waals surface area contributed by atoms with Crippen LogP contribution < -0.4 is 9.46 Å². The molecule has 0 unspecified atom stereocenters. The molecule has 9 heteroatoms. The van der Waals surface area contributed by atoms with Gasteiger partial charge in [0.2, 0.25) is 10.0 Å². The molecule has 0 aliphatic heterocycles. The Balaban J connectivity index is 1.50. The van der Waals surface area contributed by atoms with Crippen LogP contribution in [0, 0.1) is 5.82 Å². The smallest absolute Gasteiger partial charge is 0.240 e. The number of ether oxygens (including phenoxy) is 1. The zero-order valence-corrected chi connectivity index (χ0v) is 18.2. The van der Waals surface area contributed by atoms with Gasteiger partial charge in [0, 0.05) is 24.0 Å². The van der Waals surface area contributed by atoms with E-state index in [-0.39, 0.29) is 17.2 Å². The highest BCUT2D eigenvalue weighted by Crippen LogP contribution is 2.30. The van der Waals surface area contributed by atoms with E-state index in [1.165, 1.54) is 17.7 Å². The molecule has 1 aliphatic carbocycles. The minimum absolute atomic E-state index is 0.0340. The van der Waals surface area contributed by atoms with Crippen molar-refractivity contribution in [3.63, 3.8) is 0 Å². The van der Waals surface area contributed by atoms with Gasteiger partial charge in [0.25, 0.3) is 0 Å². The highest BCUT2D eigenvalue weighted by molar-refractivity contribution is 7.89. The molecule has 2 heterocycles. The lowest BCUT2D eigenvalue weighted by atomic mass is 9.95. The van der Waals surface area contributed by atoms with Crippen LogP contribution in [0.1, 0.15) is 31.0 Å². The van der Waals surface area contributed by atoms with Crippen molar-refractivity contribution in [1.82, 2.24) is 19.5 Å². The van der Waals surface area contributed by atoms with Crippen LogP contribution in [0.3, 0.4) is 0 Å². The number of rotatable bonds is 8. The van der Waals surface area contributed by atoms with Gasteiger partial charge in [0.1, 0.15) is 5.69 Å². The molecule has 4 rings (SSSR count). The second-order valence-corrected chi connectivity index (χ2v) is 9.11. The molecule has 164 valence electrons. The first kappa shape index (κ1) is 21.5. The van der Waals surface area contributed by atoms with E-state index in [1.807, 2.05) is 22.9 Å². The van der Waals surface area contributed by atoms with Gasteiger partial charge < -0.3 is 4.74 Å². The van der Waals surface area contributed by atoms with Crippen LogP contribution in [0.4, 0.5) is 4.39 Å². The molecule has 2 aromatic heterocycles. The summed E-state index contributed by atoms with van der Waals surface area (Å²) in [7, 11) is -3.85. The van der Waals surface area contributed by atoms with Gasteiger partial charge in [-0.15, -0.1) is 0 Å². The molecule has 0 saturated carbocycles. The predicted octanol–water partition coefficient (Wildman–Crippen LogP) is 3.34. The zero-order valence-electron chi connectivity index (χ0n) is 17.3. The number of benzene rings is 1. The Morgan fingerprint density at radius 2 is 2.03 bits per heavy atom. The highest BCUT2D eigenvalue weighted by Gasteiger charge is 2.23. The van der Waals surface area contributed by atoms with Crippen LogP contribution in [0.25, 0.3) is 11.4 Å². The lowest BCUT2D eigenvalue weighted by molar-refractivity contribution is 0.321. The van der Waals surface area contributed by atoms with Crippen molar-refractivity contribution in [1.29, 1.82) is 0 Å². The maximum Gasteiger partial charge on any atom is 0.240 e. The first-order valence-corrected chi connectivity index (χ1v) is 11.9. The Hall–Kier alpha value is -2.78. The lowest BCUT2D eigenvalue weighted by Crippen LogP contribution is -2.28. The first-order valence-electron chi connectivity index (χ1n) is 10.4. The summed E-state index contributed by atoms with van der Waals surface area (Å²) in [6.07, 6.45) is 5.78. The van der Waals surface area contributed by atoms with Gasteiger partial charge in [-0.1, -0.05) is 6.07 Å². The van der Waals surface area contributed by atoms with Gasteiger partial charge in [0.15, 0.2) is 11.6 Å². The number of pyridine rings is 1. The van der Waals surface area contributed by atoms with Crippen molar-refractivity contribution in [3.8, 4) is 17.1 Å². The topological polar surface area (TPSA) is 86.1 Å². The number of aromatic nitrogens is 3. The van der Waals surface area contributed by atoms with Crippen molar-refractivity contribution in [2.45, 2.75) is 44.0 Å². The number of nitrogens with zero attached hydrogens (tertiary/aromatic N) is 3. The summed E-state index contributed by atoms with van der Waals surface area (Å²) in [6, 6.07) is 9.38. The van der Waals surface area contributed by atoms with Gasteiger partial charge in [-0.2, -0.15) is 5.10 Å². The standard InChI is InChI=1S/C22H25FN4O3S/c1-2-30-21-11-10-16(15-18(21)23)31(28,29)25-13-14-27-20-9-4-3-7-17(20)22(26-27)19-8-5-6-12-24-19/h5-6,8,10-12,15,25H,2-4,7,9,13-14H2,1H3. The summed E-state index contributed by atoms with van der Waals surface area (Å²) >= 11 is 0. The Morgan fingerprint density at radius 1 is 1.19 bits per heavy atom. The number of hydrogen-bond acceptors (Lipinski definition) is 5. The van der Waals surface area contributed by atoms with Crippen LogP contribution >= 0.6 is 0 Å². The molecule has 1 aromatic carbocycles. The molecular formula is C22H25FN4O3S. The molecule has 3 aromatic rings. The number of fused-ring (bicyclic) bond motifs is 1. The fraction of sp³-hybridized carbons (Fsp3) is 0.364. The van der Waals surface area contributed by atoms with Crippen LogP contribution in [0.2, 0.25) is 0 Å². The quantitative estimate of drug-likeness (QED) is 0.576. The first-order chi connectivity index (χ1) is 15.0. The van der Waals surface area contributed by atoms with Gasteiger partial charge >= 0.3 is 0 Å². The summed E-state index contributed by atoms with van der Waals surface area (Å²) in [5, 5.41) is 4.74. The summed E-state index contributed by atoms with van der Waals surface area (Å²) < 4.78 is 48.8. The van der Waals surface area contributed by atoms with Crippen LogP contribution in [-0.4, -0.2) is 36.3 Å². The van der Waals surface area contributed by atoms with Crippen LogP contribution in [-0.2, 0) is 29.4 Å². The van der Waals surface area contributed by atoms with Crippen LogP contribution in [0.15, 0.2) is 47.5 Å². The summed E-state index contributed by atoms with van der Waals surface area (Å²) in [4.78, 5) is 4.29. The molecular weight excluding hydrogens is 419 g/mol. The summed E-state index contributed by atoms with van der Waals surface area (Å²) in [6.45, 7) is 2.57. The average molecular weight is 445 g/mol. The molecule has 31 heavy (non-hydrogen) atoms. The second kappa shape index (κ2) is 9.15. The zero-order chi connectivity index (χ0) is 21.8. The maximum atomic E-state index is 14.1. The second-order valence-electron chi connectivity index (χ2n) is 7.34. The Morgan fingerprint density at radius 3 is 2.77 bits per heavy atom. The average Bonchev–Trinajstić information content (AvgIpc) is 3.14. The Labute approximate surface area is 181 Å². The Bertz CT molecular complexity index is 1160. The molecule has 0 atom stereocenters. The van der Waals surface area contributed by atoms with E-state index in [9.17, 15) is 12.8 Å². The van der Waals surface area contributed by atoms with Gasteiger partial charge in [0.05, 0.1) is 23.7 Å². The number of sulfonamides is 1. The summed E-state index contributed by atoms with van der Waals surface area (Å²) in [5.41, 5.74) is 4.02. The monoisotopic (exact) mass is 444 g/mol. The third kappa shape index (κ3) is 4.62. The molecule has 0 bridgehead atoms. The molecule has 0 spiro atoms. The molecule has 7 nitrogen and oxygen atoms in total. The van der Waals surface area contributed by atoms with E-state index in [1.54, 1.807) is 13.1 Å². The van der Waals surface area contributed by atoms with Crippen molar-refractivity contribution >= 4 is 10.0 Å². The van der Waals surface area contributed by atoms with Crippen molar-refractivity contribution in [3.05, 3.63) is 59.7 Å². The van der Waals surface area contributed by atoms with E-state index in [2.05, 4.69) is 9.71 Å². The molecule has 0 fully saturated rings. The SMILES string of the molecule is CCOc1ccc(S(=O)(=O)NCCn2nc(-c3ccccn3)c3c2CCCC3)cc1F. The van der Waals surface area contributed by atoms with Crippen molar-refractivity contribution in [2.75, 3.05) is 13.2 Å². The van der Waals surface area contributed by atoms with Gasteiger partial charge in [-0.05, 0) is 62.9 Å². The minimum Gasteiger partial charge on any atom is -0.491 e. The van der Waals surface area contributed by atoms with Gasteiger partial charge in [-0.25, -0.2) is 17.5 Å². The normalized spacial score (nSPS) is 13.7. The predicted molar refractivity (Wildman–Crippen MR) is 115 cm³/mol. The highest BCUT2D eigenvalue weighted by atomic mass is 32.2. The van der Waals surface area contributed by atoms with E-state index in [4.69, 9.17) is 9.84 Å². The number of hydrogen-bond donors (Lipinski definition) is 1. The minimum atomic E-state index is -3.85. The molecule has 0 amide bonds. The van der Waals surface area contributed by atoms with Crippen LogP contribution in [0.5, 0.6) is 5.75 Å². The third-order valence-electron chi connectivity index (χ3n) is 5.29. The molecule has 0 radical (unpaired) electrons. The van der Waals surface area contributed by atoms with E-state index in [0.29, 0.717) is 13.2 Å². The van der Waals surface area contributed by atoms with Crippen molar-refractivity contribution in [2.24, 2.45) is 0 Å². The molecule has 1 aliphatic rings. The largest absolute Gasteiger partial charge is 0.491 e.